The van der Waals surface area contributed by atoms with Gasteiger partial charge in [-0.25, -0.2) is 0 Å². The Bertz CT molecular complexity index is 1210. The molecule has 0 aliphatic carbocycles. The average Bonchev–Trinajstić information content (AvgIpc) is 3.25. The summed E-state index contributed by atoms with van der Waals surface area (Å²) in [5.41, 5.74) is 3.09. The number of aromatic nitrogens is 2. The van der Waals surface area contributed by atoms with Crippen molar-refractivity contribution in [3.8, 4) is 11.5 Å². The Kier molecular flexibility index (Phi) is 7.60. The highest BCUT2D eigenvalue weighted by Gasteiger charge is 2.32. The summed E-state index contributed by atoms with van der Waals surface area (Å²) < 4.78 is 12.9. The van der Waals surface area contributed by atoms with E-state index in [0.29, 0.717) is 49.1 Å². The second kappa shape index (κ2) is 10.8. The Morgan fingerprint density at radius 3 is 2.63 bits per heavy atom. The molecule has 184 valence electrons. The molecule has 2 heterocycles. The number of methoxy groups -OCH3 is 1. The molecule has 9 heteroatoms. The number of carbonyl (C=O) groups excluding carboxylic acids is 2. The number of nitrogens with one attached hydrogen (secondary N) is 1. The maximum Gasteiger partial charge on any atom is 0.272 e. The van der Waals surface area contributed by atoms with E-state index in [1.807, 2.05) is 35.9 Å². The van der Waals surface area contributed by atoms with Crippen molar-refractivity contribution in [1.29, 1.82) is 0 Å². The van der Waals surface area contributed by atoms with Crippen molar-refractivity contribution >= 4 is 23.4 Å². The maximum absolute atomic E-state index is 13.1. The van der Waals surface area contributed by atoms with E-state index < -0.39 is 6.10 Å². The number of hydrogen-bond donors (Lipinski definition) is 1. The van der Waals surface area contributed by atoms with Crippen LogP contribution in [0, 0.1) is 0 Å². The molecule has 0 spiro atoms. The van der Waals surface area contributed by atoms with E-state index in [-0.39, 0.29) is 11.8 Å². The third-order valence-corrected chi connectivity index (χ3v) is 6.26. The van der Waals surface area contributed by atoms with Gasteiger partial charge in [0.25, 0.3) is 11.8 Å². The van der Waals surface area contributed by atoms with E-state index in [2.05, 4.69) is 10.4 Å². The number of carbonyl (C=O) groups is 2. The van der Waals surface area contributed by atoms with Crippen molar-refractivity contribution in [3.05, 3.63) is 76.1 Å². The van der Waals surface area contributed by atoms with Crippen LogP contribution in [0.1, 0.15) is 41.2 Å². The highest BCUT2D eigenvalue weighted by molar-refractivity contribution is 6.30. The molecule has 0 radical (unpaired) electrons. The number of aryl methyl sites for hydroxylation is 1. The van der Waals surface area contributed by atoms with Crippen LogP contribution in [-0.4, -0.2) is 46.3 Å². The quantitative estimate of drug-likeness (QED) is 0.512. The number of halogens is 1. The van der Waals surface area contributed by atoms with Crippen molar-refractivity contribution in [2.75, 3.05) is 13.7 Å². The minimum Gasteiger partial charge on any atom is -0.497 e. The van der Waals surface area contributed by atoms with Gasteiger partial charge in [0.2, 0.25) is 0 Å². The summed E-state index contributed by atoms with van der Waals surface area (Å²) >= 11 is 6.03. The second-order valence-corrected chi connectivity index (χ2v) is 8.78. The summed E-state index contributed by atoms with van der Waals surface area (Å²) in [5.74, 6) is 0.883. The van der Waals surface area contributed by atoms with Crippen molar-refractivity contribution in [1.82, 2.24) is 20.0 Å². The number of hydrogen-bond acceptors (Lipinski definition) is 5. The molecule has 1 N–H and O–H groups in total. The van der Waals surface area contributed by atoms with Gasteiger partial charge < -0.3 is 19.7 Å². The van der Waals surface area contributed by atoms with Crippen molar-refractivity contribution in [2.24, 2.45) is 0 Å². The summed E-state index contributed by atoms with van der Waals surface area (Å²) in [4.78, 5) is 27.9. The first-order chi connectivity index (χ1) is 16.9. The number of ether oxygens (including phenoxy) is 2. The van der Waals surface area contributed by atoms with Gasteiger partial charge in [0.1, 0.15) is 11.5 Å². The van der Waals surface area contributed by atoms with Crippen LogP contribution in [0.2, 0.25) is 5.02 Å². The Balaban J connectivity index is 1.46. The number of amides is 2. The minimum absolute atomic E-state index is 0.149. The van der Waals surface area contributed by atoms with Crippen LogP contribution in [0.15, 0.2) is 48.5 Å². The van der Waals surface area contributed by atoms with Gasteiger partial charge in [0.05, 0.1) is 7.11 Å². The van der Waals surface area contributed by atoms with Crippen LogP contribution in [0.5, 0.6) is 11.5 Å². The first-order valence-electron chi connectivity index (χ1n) is 11.6. The topological polar surface area (TPSA) is 85.7 Å². The Labute approximate surface area is 209 Å². The first kappa shape index (κ1) is 24.6. The summed E-state index contributed by atoms with van der Waals surface area (Å²) in [6.07, 6.45) is -0.0685. The van der Waals surface area contributed by atoms with Crippen LogP contribution in [0.3, 0.4) is 0 Å². The predicted molar refractivity (Wildman–Crippen MR) is 133 cm³/mol. The maximum atomic E-state index is 13.1. The monoisotopic (exact) mass is 496 g/mol. The lowest BCUT2D eigenvalue weighted by Crippen LogP contribution is -2.43. The molecular weight excluding hydrogens is 468 g/mol. The van der Waals surface area contributed by atoms with Gasteiger partial charge in [-0.2, -0.15) is 5.10 Å². The average molecular weight is 497 g/mol. The smallest absolute Gasteiger partial charge is 0.272 e. The SMILES string of the molecule is CCn1nc(C(=O)NCc2ccc(OC)cc2)c2c1CCN(C(=O)[C@@H](C)Oc1cccc(Cl)c1)C2. The number of rotatable bonds is 8. The van der Waals surface area contributed by atoms with Crippen LogP contribution in [0.25, 0.3) is 0 Å². The van der Waals surface area contributed by atoms with E-state index in [1.165, 1.54) is 0 Å². The Morgan fingerprint density at radius 1 is 1.17 bits per heavy atom. The molecule has 4 rings (SSSR count). The molecule has 2 amide bonds. The van der Waals surface area contributed by atoms with Gasteiger partial charge in [0.15, 0.2) is 11.8 Å². The normalized spacial score (nSPS) is 13.7. The molecule has 0 unspecified atom stereocenters. The minimum atomic E-state index is -0.691. The highest BCUT2D eigenvalue weighted by atomic mass is 35.5. The molecule has 8 nitrogen and oxygen atoms in total. The molecule has 3 aromatic rings. The molecule has 0 bridgehead atoms. The number of fused-ring (bicyclic) bond motifs is 1. The van der Waals surface area contributed by atoms with Crippen molar-refractivity contribution in [2.45, 2.75) is 46.0 Å². The number of benzene rings is 2. The van der Waals surface area contributed by atoms with Gasteiger partial charge in [0, 0.05) is 48.9 Å². The van der Waals surface area contributed by atoms with Crippen LogP contribution < -0.4 is 14.8 Å². The fraction of sp³-hybridized carbons (Fsp3) is 0.346. The summed E-state index contributed by atoms with van der Waals surface area (Å²) in [5, 5.41) is 8.06. The lowest BCUT2D eigenvalue weighted by Gasteiger charge is -2.30. The molecule has 35 heavy (non-hydrogen) atoms. The first-order valence-corrected chi connectivity index (χ1v) is 12.0. The molecule has 1 aliphatic rings. The molecule has 1 aliphatic heterocycles. The van der Waals surface area contributed by atoms with Gasteiger partial charge in [-0.15, -0.1) is 0 Å². The molecule has 1 atom stereocenters. The largest absolute Gasteiger partial charge is 0.497 e. The van der Waals surface area contributed by atoms with E-state index in [9.17, 15) is 9.59 Å². The van der Waals surface area contributed by atoms with Crippen molar-refractivity contribution < 1.29 is 19.1 Å². The zero-order chi connectivity index (χ0) is 24.9. The fourth-order valence-corrected chi connectivity index (χ4v) is 4.36. The van der Waals surface area contributed by atoms with E-state index in [0.717, 1.165) is 22.6 Å². The Hall–Kier alpha value is -3.52. The standard InChI is InChI=1S/C26H29ClN4O4/c1-4-31-23-12-13-30(26(33)17(2)35-21-7-5-6-19(27)14-21)16-22(23)24(29-31)25(32)28-15-18-8-10-20(34-3)11-9-18/h5-11,14,17H,4,12-13,15-16H2,1-3H3,(H,28,32)/t17-/m1/s1. The zero-order valence-electron chi connectivity index (χ0n) is 20.1. The molecule has 1 aromatic heterocycles. The van der Waals surface area contributed by atoms with Gasteiger partial charge in [-0.1, -0.05) is 29.8 Å². The van der Waals surface area contributed by atoms with Crippen LogP contribution >= 0.6 is 11.6 Å². The molecular formula is C26H29ClN4O4. The van der Waals surface area contributed by atoms with E-state index in [4.69, 9.17) is 21.1 Å². The van der Waals surface area contributed by atoms with Gasteiger partial charge in [-0.3, -0.25) is 14.3 Å². The van der Waals surface area contributed by atoms with Gasteiger partial charge >= 0.3 is 0 Å². The third-order valence-electron chi connectivity index (χ3n) is 6.03. The molecule has 0 saturated carbocycles. The summed E-state index contributed by atoms with van der Waals surface area (Å²) in [6.45, 7) is 5.57. The molecule has 0 fully saturated rings. The predicted octanol–water partition coefficient (Wildman–Crippen LogP) is 3.85. The Morgan fingerprint density at radius 2 is 1.94 bits per heavy atom. The van der Waals surface area contributed by atoms with E-state index in [1.54, 1.807) is 43.2 Å². The third kappa shape index (κ3) is 5.59. The summed E-state index contributed by atoms with van der Waals surface area (Å²) in [6, 6.07) is 14.5. The second-order valence-electron chi connectivity index (χ2n) is 8.35. The van der Waals surface area contributed by atoms with Crippen LogP contribution in [0.4, 0.5) is 0 Å². The zero-order valence-corrected chi connectivity index (χ0v) is 20.8. The van der Waals surface area contributed by atoms with Crippen molar-refractivity contribution in [3.63, 3.8) is 0 Å². The van der Waals surface area contributed by atoms with Gasteiger partial charge in [-0.05, 0) is 49.7 Å². The lowest BCUT2D eigenvalue weighted by molar-refractivity contribution is -0.138. The fourth-order valence-electron chi connectivity index (χ4n) is 4.18. The lowest BCUT2D eigenvalue weighted by atomic mass is 10.0. The molecule has 2 aromatic carbocycles. The molecule has 0 saturated heterocycles. The number of nitrogens with zero attached hydrogens (tertiary/aromatic N) is 3. The highest BCUT2D eigenvalue weighted by Crippen LogP contribution is 2.25. The van der Waals surface area contributed by atoms with E-state index >= 15 is 0 Å². The summed E-state index contributed by atoms with van der Waals surface area (Å²) in [7, 11) is 1.61. The van der Waals surface area contributed by atoms with Crippen LogP contribution in [-0.2, 0) is 30.8 Å².